The second-order valence-corrected chi connectivity index (χ2v) is 4.31. The van der Waals surface area contributed by atoms with E-state index in [1.54, 1.807) is 36.4 Å². The fourth-order valence-electron chi connectivity index (χ4n) is 1.59. The number of aromatic nitrogens is 1. The fourth-order valence-corrected chi connectivity index (χ4v) is 1.86. The molecule has 0 radical (unpaired) electrons. The van der Waals surface area contributed by atoms with E-state index in [4.69, 9.17) is 22.0 Å². The molecule has 0 atom stereocenters. The Bertz CT molecular complexity index is 716. The lowest BCUT2D eigenvalue weighted by molar-refractivity contribution is 0.0697. The first-order valence-electron chi connectivity index (χ1n) is 5.68. The molecule has 98 valence electrons. The molecule has 20 heavy (non-hydrogen) atoms. The monoisotopic (exact) mass is 284 g/mol. The van der Waals surface area contributed by atoms with Gasteiger partial charge in [0.15, 0.2) is 0 Å². The van der Waals surface area contributed by atoms with Crippen LogP contribution in [0.3, 0.4) is 0 Å². The lowest BCUT2D eigenvalue weighted by Crippen LogP contribution is -1.97. The summed E-state index contributed by atoms with van der Waals surface area (Å²) in [4.78, 5) is 15.1. The second-order valence-electron chi connectivity index (χ2n) is 3.93. The number of carboxylic acids is 1. The van der Waals surface area contributed by atoms with Crippen LogP contribution in [0, 0.1) is 11.3 Å². The highest BCUT2D eigenvalue weighted by Gasteiger charge is 2.10. The predicted octanol–water partition coefficient (Wildman–Crippen LogP) is 3.48. The van der Waals surface area contributed by atoms with Crippen molar-refractivity contribution < 1.29 is 9.90 Å². The number of hydrogen-bond donors (Lipinski definition) is 1. The van der Waals surface area contributed by atoms with Crippen molar-refractivity contribution in [2.75, 3.05) is 0 Å². The van der Waals surface area contributed by atoms with Crippen LogP contribution in [0.1, 0.15) is 27.2 Å². The van der Waals surface area contributed by atoms with Crippen molar-refractivity contribution in [2.45, 2.75) is 0 Å². The van der Waals surface area contributed by atoms with Gasteiger partial charge in [0.2, 0.25) is 0 Å². The van der Waals surface area contributed by atoms with Gasteiger partial charge >= 0.3 is 5.97 Å². The summed E-state index contributed by atoms with van der Waals surface area (Å²) in [6.07, 6.45) is 4.85. The van der Waals surface area contributed by atoms with Crippen LogP contribution in [0.15, 0.2) is 36.5 Å². The van der Waals surface area contributed by atoms with Gasteiger partial charge in [0, 0.05) is 6.20 Å². The van der Waals surface area contributed by atoms with Gasteiger partial charge in [-0.15, -0.1) is 0 Å². The highest BCUT2D eigenvalue weighted by atomic mass is 35.5. The number of hydrogen-bond acceptors (Lipinski definition) is 3. The molecule has 0 saturated carbocycles. The molecule has 0 amide bonds. The zero-order valence-corrected chi connectivity index (χ0v) is 11.0. The molecule has 5 heteroatoms. The minimum absolute atomic E-state index is 0.0570. The standard InChI is InChI=1S/C15H9ClN2O2/c16-14-11(2-1-3-13(14)15(19)20)5-7-12-6-4-10(8-17)9-18-12/h1-7,9H,(H,19,20)/b7-5+. The molecular weight excluding hydrogens is 276 g/mol. The number of benzene rings is 1. The number of rotatable bonds is 3. The Kier molecular flexibility index (Phi) is 4.14. The van der Waals surface area contributed by atoms with E-state index >= 15 is 0 Å². The Labute approximate surface area is 120 Å². The third kappa shape index (κ3) is 3.02. The molecular formula is C15H9ClN2O2. The molecule has 4 nitrogen and oxygen atoms in total. The Morgan fingerprint density at radius 3 is 2.70 bits per heavy atom. The van der Waals surface area contributed by atoms with Crippen LogP contribution in [0.4, 0.5) is 0 Å². The summed E-state index contributed by atoms with van der Waals surface area (Å²) in [6, 6.07) is 10.1. The molecule has 2 rings (SSSR count). The van der Waals surface area contributed by atoms with Crippen molar-refractivity contribution >= 4 is 29.7 Å². The van der Waals surface area contributed by atoms with Gasteiger partial charge in [-0.05, 0) is 29.8 Å². The van der Waals surface area contributed by atoms with Gasteiger partial charge in [-0.3, -0.25) is 4.98 Å². The average molecular weight is 285 g/mol. The van der Waals surface area contributed by atoms with Crippen LogP contribution < -0.4 is 0 Å². The number of nitrogens with zero attached hydrogens (tertiary/aromatic N) is 2. The maximum Gasteiger partial charge on any atom is 0.337 e. The van der Waals surface area contributed by atoms with Gasteiger partial charge in [0.1, 0.15) is 6.07 Å². The summed E-state index contributed by atoms with van der Waals surface area (Å²) in [5, 5.41) is 17.8. The topological polar surface area (TPSA) is 74.0 Å². The molecule has 1 aromatic heterocycles. The molecule has 0 spiro atoms. The van der Waals surface area contributed by atoms with Gasteiger partial charge in [-0.2, -0.15) is 5.26 Å². The van der Waals surface area contributed by atoms with E-state index in [-0.39, 0.29) is 10.6 Å². The normalized spacial score (nSPS) is 10.4. The second kappa shape index (κ2) is 6.00. The van der Waals surface area contributed by atoms with E-state index in [0.717, 1.165) is 0 Å². The summed E-state index contributed by atoms with van der Waals surface area (Å²) < 4.78 is 0. The lowest BCUT2D eigenvalue weighted by atomic mass is 10.1. The van der Waals surface area contributed by atoms with E-state index in [2.05, 4.69) is 4.98 Å². The largest absolute Gasteiger partial charge is 0.478 e. The van der Waals surface area contributed by atoms with E-state index in [1.165, 1.54) is 12.3 Å². The molecule has 0 bridgehead atoms. The van der Waals surface area contributed by atoms with Gasteiger partial charge in [-0.1, -0.05) is 29.8 Å². The van der Waals surface area contributed by atoms with Gasteiger partial charge in [-0.25, -0.2) is 4.79 Å². The molecule has 1 N–H and O–H groups in total. The maximum atomic E-state index is 11.0. The molecule has 0 aliphatic rings. The third-order valence-electron chi connectivity index (χ3n) is 2.61. The molecule has 0 unspecified atom stereocenters. The maximum absolute atomic E-state index is 11.0. The SMILES string of the molecule is N#Cc1ccc(/C=C/c2cccc(C(=O)O)c2Cl)nc1. The van der Waals surface area contributed by atoms with E-state index in [1.807, 2.05) is 6.07 Å². The smallest absolute Gasteiger partial charge is 0.337 e. The fraction of sp³-hybridized carbons (Fsp3) is 0. The number of aromatic carboxylic acids is 1. The minimum Gasteiger partial charge on any atom is -0.478 e. The van der Waals surface area contributed by atoms with Crippen LogP contribution in [0.25, 0.3) is 12.2 Å². The zero-order valence-electron chi connectivity index (χ0n) is 10.2. The third-order valence-corrected chi connectivity index (χ3v) is 3.03. The minimum atomic E-state index is -1.07. The summed E-state index contributed by atoms with van der Waals surface area (Å²) in [5.74, 6) is -1.07. The summed E-state index contributed by atoms with van der Waals surface area (Å²) in [6.45, 7) is 0. The van der Waals surface area contributed by atoms with Crippen molar-refractivity contribution in [1.29, 1.82) is 5.26 Å². The number of pyridine rings is 1. The van der Waals surface area contributed by atoms with Gasteiger partial charge < -0.3 is 5.11 Å². The predicted molar refractivity (Wildman–Crippen MR) is 76.3 cm³/mol. The number of carboxylic acid groups (broad SMARTS) is 1. The molecule has 0 aliphatic carbocycles. The Morgan fingerprint density at radius 1 is 1.30 bits per heavy atom. The van der Waals surface area contributed by atoms with E-state index < -0.39 is 5.97 Å². The molecule has 1 aromatic carbocycles. The van der Waals surface area contributed by atoms with Crippen LogP contribution in [0.5, 0.6) is 0 Å². The lowest BCUT2D eigenvalue weighted by Gasteiger charge is -2.02. The molecule has 0 fully saturated rings. The van der Waals surface area contributed by atoms with Crippen LogP contribution in [-0.2, 0) is 0 Å². The van der Waals surface area contributed by atoms with Crippen molar-refractivity contribution in [3.05, 3.63) is 63.9 Å². The first-order chi connectivity index (χ1) is 9.61. The van der Waals surface area contributed by atoms with Crippen molar-refractivity contribution in [3.63, 3.8) is 0 Å². The first-order valence-corrected chi connectivity index (χ1v) is 6.05. The highest BCUT2D eigenvalue weighted by molar-refractivity contribution is 6.35. The van der Waals surface area contributed by atoms with Gasteiger partial charge in [0.25, 0.3) is 0 Å². The first kappa shape index (κ1) is 13.8. The summed E-state index contributed by atoms with van der Waals surface area (Å²) in [5.41, 5.74) is 1.79. The number of nitriles is 1. The van der Waals surface area contributed by atoms with E-state index in [0.29, 0.717) is 16.8 Å². The number of halogens is 1. The Morgan fingerprint density at radius 2 is 2.10 bits per heavy atom. The Balaban J connectivity index is 2.29. The Hall–Kier alpha value is -2.64. The van der Waals surface area contributed by atoms with E-state index in [9.17, 15) is 4.79 Å². The van der Waals surface area contributed by atoms with Crippen LogP contribution >= 0.6 is 11.6 Å². The van der Waals surface area contributed by atoms with Crippen molar-refractivity contribution in [2.24, 2.45) is 0 Å². The quantitative estimate of drug-likeness (QED) is 0.936. The van der Waals surface area contributed by atoms with Crippen molar-refractivity contribution in [3.8, 4) is 6.07 Å². The molecule has 2 aromatic rings. The van der Waals surface area contributed by atoms with Crippen molar-refractivity contribution in [1.82, 2.24) is 4.98 Å². The highest BCUT2D eigenvalue weighted by Crippen LogP contribution is 2.23. The summed E-state index contributed by atoms with van der Waals surface area (Å²) >= 11 is 6.02. The molecule has 0 aliphatic heterocycles. The molecule has 0 saturated heterocycles. The average Bonchev–Trinajstić information content (AvgIpc) is 2.46. The zero-order chi connectivity index (χ0) is 14.5. The summed E-state index contributed by atoms with van der Waals surface area (Å²) in [7, 11) is 0. The van der Waals surface area contributed by atoms with Crippen LogP contribution in [-0.4, -0.2) is 16.1 Å². The van der Waals surface area contributed by atoms with Crippen LogP contribution in [0.2, 0.25) is 5.02 Å². The molecule has 1 heterocycles. The number of carbonyl (C=O) groups is 1. The van der Waals surface area contributed by atoms with Gasteiger partial charge in [0.05, 0.1) is 21.8 Å².